The van der Waals surface area contributed by atoms with Gasteiger partial charge in [0.1, 0.15) is 11.5 Å². The van der Waals surface area contributed by atoms with Crippen LogP contribution in [0.1, 0.15) is 23.0 Å². The summed E-state index contributed by atoms with van der Waals surface area (Å²) in [4.78, 5) is 17.5. The minimum atomic E-state index is -0.00239. The molecular weight excluding hydrogens is 228 g/mol. The molecule has 0 saturated heterocycles. The Bertz CT molecular complexity index is 541. The van der Waals surface area contributed by atoms with Crippen molar-refractivity contribution in [2.24, 2.45) is 0 Å². The molecule has 0 spiro atoms. The summed E-state index contributed by atoms with van der Waals surface area (Å²) in [5.41, 5.74) is 2.49. The molecule has 0 radical (unpaired) electrons. The summed E-state index contributed by atoms with van der Waals surface area (Å²) in [7, 11) is 3.48. The summed E-state index contributed by atoms with van der Waals surface area (Å²) < 4.78 is 5.30. The lowest BCUT2D eigenvalue weighted by atomic mass is 10.1. The molecule has 1 aromatic carbocycles. The molecule has 0 unspecified atom stereocenters. The van der Waals surface area contributed by atoms with Crippen LogP contribution in [0.3, 0.4) is 0 Å². The maximum absolute atomic E-state index is 11.8. The van der Waals surface area contributed by atoms with Gasteiger partial charge in [-0.05, 0) is 12.1 Å². The first-order valence-corrected chi connectivity index (χ1v) is 5.88. The molecule has 0 atom stereocenters. The zero-order valence-corrected chi connectivity index (χ0v) is 10.8. The number of carbonyl (C=O) groups excluding carboxylic acids is 1. The van der Waals surface area contributed by atoms with Crippen molar-refractivity contribution in [2.45, 2.75) is 13.3 Å². The van der Waals surface area contributed by atoms with Gasteiger partial charge in [0, 0.05) is 31.6 Å². The number of aromatic nitrogens is 1. The highest BCUT2D eigenvalue weighted by molar-refractivity contribution is 5.94. The van der Waals surface area contributed by atoms with E-state index in [2.05, 4.69) is 4.98 Å². The SMILES string of the molecule is CCc1ocnc1-c1ccc(C(=O)N(C)C)cc1. The predicted molar refractivity (Wildman–Crippen MR) is 69.3 cm³/mol. The number of benzene rings is 1. The highest BCUT2D eigenvalue weighted by atomic mass is 16.3. The third-order valence-electron chi connectivity index (χ3n) is 2.77. The quantitative estimate of drug-likeness (QED) is 0.833. The van der Waals surface area contributed by atoms with Gasteiger partial charge in [0.2, 0.25) is 0 Å². The van der Waals surface area contributed by atoms with E-state index in [0.717, 1.165) is 23.4 Å². The molecule has 0 bridgehead atoms. The molecule has 4 nitrogen and oxygen atoms in total. The first-order valence-electron chi connectivity index (χ1n) is 5.88. The summed E-state index contributed by atoms with van der Waals surface area (Å²) in [5.74, 6) is 0.860. The average Bonchev–Trinajstić information content (AvgIpc) is 2.86. The average molecular weight is 244 g/mol. The molecule has 0 aliphatic carbocycles. The fourth-order valence-corrected chi connectivity index (χ4v) is 1.79. The molecule has 2 aromatic rings. The normalized spacial score (nSPS) is 10.4. The minimum Gasteiger partial charge on any atom is -0.448 e. The maximum Gasteiger partial charge on any atom is 0.253 e. The van der Waals surface area contributed by atoms with E-state index >= 15 is 0 Å². The van der Waals surface area contributed by atoms with Gasteiger partial charge in [-0.25, -0.2) is 4.98 Å². The van der Waals surface area contributed by atoms with E-state index < -0.39 is 0 Å². The lowest BCUT2D eigenvalue weighted by Crippen LogP contribution is -2.21. The zero-order chi connectivity index (χ0) is 13.1. The van der Waals surface area contributed by atoms with E-state index in [9.17, 15) is 4.79 Å². The Kier molecular flexibility index (Phi) is 3.46. The van der Waals surface area contributed by atoms with Crippen LogP contribution < -0.4 is 0 Å². The molecule has 1 heterocycles. The van der Waals surface area contributed by atoms with Gasteiger partial charge in [0.25, 0.3) is 5.91 Å². The van der Waals surface area contributed by atoms with Gasteiger partial charge in [-0.3, -0.25) is 4.79 Å². The van der Waals surface area contributed by atoms with Crippen LogP contribution in [0, 0.1) is 0 Å². The van der Waals surface area contributed by atoms with E-state index in [1.54, 1.807) is 19.0 Å². The number of amides is 1. The van der Waals surface area contributed by atoms with Crippen molar-refractivity contribution >= 4 is 5.91 Å². The Morgan fingerprint density at radius 3 is 2.50 bits per heavy atom. The maximum atomic E-state index is 11.8. The van der Waals surface area contributed by atoms with Gasteiger partial charge in [-0.15, -0.1) is 0 Å². The number of carbonyl (C=O) groups is 1. The number of rotatable bonds is 3. The molecule has 0 aliphatic heterocycles. The fraction of sp³-hybridized carbons (Fsp3) is 0.286. The van der Waals surface area contributed by atoms with Crippen LogP contribution in [0.2, 0.25) is 0 Å². The highest BCUT2D eigenvalue weighted by Crippen LogP contribution is 2.23. The number of hydrogen-bond acceptors (Lipinski definition) is 3. The zero-order valence-electron chi connectivity index (χ0n) is 10.8. The Hall–Kier alpha value is -2.10. The van der Waals surface area contributed by atoms with Gasteiger partial charge >= 0.3 is 0 Å². The standard InChI is InChI=1S/C14H16N2O2/c1-4-12-13(15-9-18-12)10-5-7-11(8-6-10)14(17)16(2)3/h5-9H,4H2,1-3H3. The molecule has 2 rings (SSSR count). The second-order valence-electron chi connectivity index (χ2n) is 4.25. The van der Waals surface area contributed by atoms with Crippen LogP contribution in [0.4, 0.5) is 0 Å². The van der Waals surface area contributed by atoms with Gasteiger partial charge in [0.15, 0.2) is 6.39 Å². The number of aryl methyl sites for hydroxylation is 1. The van der Waals surface area contributed by atoms with Gasteiger partial charge in [0.05, 0.1) is 0 Å². The molecular formula is C14H16N2O2. The van der Waals surface area contributed by atoms with Gasteiger partial charge in [-0.2, -0.15) is 0 Å². The summed E-state index contributed by atoms with van der Waals surface area (Å²) in [6.07, 6.45) is 2.25. The van der Waals surface area contributed by atoms with Crippen LogP contribution >= 0.6 is 0 Å². The van der Waals surface area contributed by atoms with E-state index in [-0.39, 0.29) is 5.91 Å². The van der Waals surface area contributed by atoms with Crippen molar-refractivity contribution in [2.75, 3.05) is 14.1 Å². The van der Waals surface area contributed by atoms with E-state index in [0.29, 0.717) is 5.56 Å². The third-order valence-corrected chi connectivity index (χ3v) is 2.77. The number of oxazole rings is 1. The Labute approximate surface area is 106 Å². The molecule has 0 fully saturated rings. The number of nitrogens with zero attached hydrogens (tertiary/aromatic N) is 2. The minimum absolute atomic E-state index is 0.00239. The van der Waals surface area contributed by atoms with E-state index in [1.165, 1.54) is 6.39 Å². The third kappa shape index (κ3) is 2.27. The largest absolute Gasteiger partial charge is 0.448 e. The van der Waals surface area contributed by atoms with Crippen molar-refractivity contribution in [1.82, 2.24) is 9.88 Å². The molecule has 18 heavy (non-hydrogen) atoms. The lowest BCUT2D eigenvalue weighted by Gasteiger charge is -2.10. The van der Waals surface area contributed by atoms with Crippen molar-refractivity contribution in [3.63, 3.8) is 0 Å². The van der Waals surface area contributed by atoms with Gasteiger partial charge in [-0.1, -0.05) is 19.1 Å². The summed E-state index contributed by atoms with van der Waals surface area (Å²) in [6, 6.07) is 7.42. The van der Waals surface area contributed by atoms with Crippen LogP contribution in [0.5, 0.6) is 0 Å². The number of hydrogen-bond donors (Lipinski definition) is 0. The van der Waals surface area contributed by atoms with Crippen LogP contribution in [-0.2, 0) is 6.42 Å². The molecule has 1 aromatic heterocycles. The summed E-state index contributed by atoms with van der Waals surface area (Å²) >= 11 is 0. The van der Waals surface area contributed by atoms with Crippen LogP contribution in [0.15, 0.2) is 35.1 Å². The van der Waals surface area contributed by atoms with E-state index in [1.807, 2.05) is 31.2 Å². The van der Waals surface area contributed by atoms with Crippen molar-refractivity contribution < 1.29 is 9.21 Å². The molecule has 1 amide bonds. The second-order valence-corrected chi connectivity index (χ2v) is 4.25. The smallest absolute Gasteiger partial charge is 0.253 e. The first kappa shape index (κ1) is 12.4. The molecule has 0 aliphatic rings. The molecule has 0 N–H and O–H groups in total. The monoisotopic (exact) mass is 244 g/mol. The summed E-state index contributed by atoms with van der Waals surface area (Å²) in [6.45, 7) is 2.02. The first-order chi connectivity index (χ1) is 8.63. The molecule has 4 heteroatoms. The van der Waals surface area contributed by atoms with Gasteiger partial charge < -0.3 is 9.32 Å². The highest BCUT2D eigenvalue weighted by Gasteiger charge is 2.11. The molecule has 0 saturated carbocycles. The topological polar surface area (TPSA) is 46.3 Å². The second kappa shape index (κ2) is 5.04. The van der Waals surface area contributed by atoms with Crippen LogP contribution in [-0.4, -0.2) is 29.9 Å². The Morgan fingerprint density at radius 1 is 1.28 bits per heavy atom. The Balaban J connectivity index is 2.31. The summed E-state index contributed by atoms with van der Waals surface area (Å²) in [5, 5.41) is 0. The van der Waals surface area contributed by atoms with Crippen molar-refractivity contribution in [3.05, 3.63) is 42.0 Å². The predicted octanol–water partition coefficient (Wildman–Crippen LogP) is 2.61. The fourth-order valence-electron chi connectivity index (χ4n) is 1.79. The Morgan fingerprint density at radius 2 is 1.94 bits per heavy atom. The van der Waals surface area contributed by atoms with E-state index in [4.69, 9.17) is 4.42 Å². The van der Waals surface area contributed by atoms with Crippen molar-refractivity contribution in [3.8, 4) is 11.3 Å². The van der Waals surface area contributed by atoms with Crippen LogP contribution in [0.25, 0.3) is 11.3 Å². The lowest BCUT2D eigenvalue weighted by molar-refractivity contribution is 0.0827. The van der Waals surface area contributed by atoms with Crippen molar-refractivity contribution in [1.29, 1.82) is 0 Å². The molecule has 94 valence electrons.